The van der Waals surface area contributed by atoms with Crippen LogP contribution in [0.25, 0.3) is 0 Å². The van der Waals surface area contributed by atoms with E-state index in [1.54, 1.807) is 19.0 Å². The summed E-state index contributed by atoms with van der Waals surface area (Å²) >= 11 is 0. The van der Waals surface area contributed by atoms with E-state index >= 15 is 0 Å². The lowest BCUT2D eigenvalue weighted by atomic mass is 9.88. The Labute approximate surface area is 142 Å². The van der Waals surface area contributed by atoms with Crippen LogP contribution in [0.15, 0.2) is 24.3 Å². The second-order valence-corrected chi connectivity index (χ2v) is 6.30. The smallest absolute Gasteiger partial charge is 0.381 e. The summed E-state index contributed by atoms with van der Waals surface area (Å²) in [6.07, 6.45) is -4.79. The van der Waals surface area contributed by atoms with Crippen LogP contribution in [-0.4, -0.2) is 48.6 Å². The molecule has 0 spiro atoms. The van der Waals surface area contributed by atoms with Gasteiger partial charge in [0, 0.05) is 26.2 Å². The Morgan fingerprint density at radius 1 is 0.769 bits per heavy atom. The number of nitrogens with zero attached hydrogens (tertiary/aromatic N) is 1. The van der Waals surface area contributed by atoms with Crippen molar-refractivity contribution >= 4 is 5.69 Å². The molecule has 1 unspecified atom stereocenters. The molecule has 1 N–H and O–H groups in total. The van der Waals surface area contributed by atoms with Crippen LogP contribution >= 0.6 is 0 Å². The molecule has 148 valence electrons. The van der Waals surface area contributed by atoms with Gasteiger partial charge in [-0.05, 0) is 17.7 Å². The Kier molecular flexibility index (Phi) is 4.51. The summed E-state index contributed by atoms with van der Waals surface area (Å²) in [5.74, 6) is -26.1. The average molecular weight is 395 g/mol. The standard InChI is InChI=1S/C15H14F9NO/c1-25(2)9-5-3-8(4-6-9)10(26)7-11(16)12(17,18)14(21,22)15(23,24)13(11,19)20/h3-6,10,26H,7H2,1-2H3. The van der Waals surface area contributed by atoms with E-state index < -0.39 is 41.9 Å². The predicted molar refractivity (Wildman–Crippen MR) is 74.0 cm³/mol. The highest BCUT2D eigenvalue weighted by Crippen LogP contribution is 2.70. The third-order valence-corrected chi connectivity index (χ3v) is 4.45. The molecule has 0 aromatic heterocycles. The summed E-state index contributed by atoms with van der Waals surface area (Å²) in [4.78, 5) is 1.58. The molecule has 1 aromatic rings. The van der Waals surface area contributed by atoms with Crippen molar-refractivity contribution in [1.82, 2.24) is 0 Å². The molecule has 0 bridgehead atoms. The van der Waals surface area contributed by atoms with Gasteiger partial charge in [0.1, 0.15) is 0 Å². The molecule has 1 saturated carbocycles. The summed E-state index contributed by atoms with van der Waals surface area (Å²) in [5, 5.41) is 9.77. The second kappa shape index (κ2) is 5.67. The Hall–Kier alpha value is -1.65. The number of benzene rings is 1. The summed E-state index contributed by atoms with van der Waals surface area (Å²) < 4.78 is 122. The van der Waals surface area contributed by atoms with Crippen molar-refractivity contribution in [3.63, 3.8) is 0 Å². The zero-order chi connectivity index (χ0) is 20.3. The first-order chi connectivity index (χ1) is 11.5. The molecule has 1 fully saturated rings. The number of aliphatic hydroxyl groups is 1. The average Bonchev–Trinajstić information content (AvgIpc) is 2.57. The fourth-order valence-electron chi connectivity index (χ4n) is 2.72. The number of alkyl halides is 9. The molecule has 26 heavy (non-hydrogen) atoms. The number of hydrogen-bond acceptors (Lipinski definition) is 2. The Balaban J connectivity index is 2.43. The minimum absolute atomic E-state index is 0.377. The molecular weight excluding hydrogens is 381 g/mol. The largest absolute Gasteiger partial charge is 0.388 e. The van der Waals surface area contributed by atoms with Crippen LogP contribution in [0.1, 0.15) is 18.1 Å². The molecule has 2 nitrogen and oxygen atoms in total. The summed E-state index contributed by atoms with van der Waals surface area (Å²) in [6, 6.07) is 4.70. The molecule has 0 radical (unpaired) electrons. The lowest BCUT2D eigenvalue weighted by Gasteiger charge is -2.32. The quantitative estimate of drug-likeness (QED) is 0.763. The van der Waals surface area contributed by atoms with Gasteiger partial charge < -0.3 is 10.0 Å². The van der Waals surface area contributed by atoms with Crippen LogP contribution in [-0.2, 0) is 0 Å². The number of anilines is 1. The van der Waals surface area contributed by atoms with Gasteiger partial charge in [-0.3, -0.25) is 0 Å². The fraction of sp³-hybridized carbons (Fsp3) is 0.600. The predicted octanol–water partition coefficient (Wildman–Crippen LogP) is 4.44. The highest BCUT2D eigenvalue weighted by atomic mass is 19.4. The molecule has 1 aliphatic carbocycles. The van der Waals surface area contributed by atoms with Crippen LogP contribution in [0.2, 0.25) is 0 Å². The number of aliphatic hydroxyl groups excluding tert-OH is 1. The van der Waals surface area contributed by atoms with E-state index in [-0.39, 0.29) is 5.56 Å². The molecule has 0 heterocycles. The van der Waals surface area contributed by atoms with Crippen molar-refractivity contribution < 1.29 is 44.6 Å². The van der Waals surface area contributed by atoms with E-state index in [9.17, 15) is 44.6 Å². The van der Waals surface area contributed by atoms with Gasteiger partial charge in [-0.2, -0.15) is 35.1 Å². The zero-order valence-electron chi connectivity index (χ0n) is 13.4. The summed E-state index contributed by atoms with van der Waals surface area (Å²) in [7, 11) is 3.23. The fourth-order valence-corrected chi connectivity index (χ4v) is 2.72. The molecule has 0 amide bonds. The second-order valence-electron chi connectivity index (χ2n) is 6.30. The summed E-state index contributed by atoms with van der Waals surface area (Å²) in [5.41, 5.74) is -5.50. The third-order valence-electron chi connectivity index (χ3n) is 4.45. The Morgan fingerprint density at radius 3 is 1.50 bits per heavy atom. The minimum Gasteiger partial charge on any atom is -0.388 e. The molecule has 1 aromatic carbocycles. The van der Waals surface area contributed by atoms with Crippen molar-refractivity contribution in [3.8, 4) is 0 Å². The van der Waals surface area contributed by atoms with Crippen LogP contribution in [0, 0.1) is 0 Å². The molecule has 1 aliphatic rings. The van der Waals surface area contributed by atoms with Gasteiger partial charge in [-0.25, -0.2) is 4.39 Å². The van der Waals surface area contributed by atoms with Gasteiger partial charge in [0.25, 0.3) is 5.67 Å². The SMILES string of the molecule is CN(C)c1ccc(C(O)CC2(F)C(F)(F)C(F)(F)C(F)(F)C2(F)F)cc1. The number of rotatable bonds is 4. The highest BCUT2D eigenvalue weighted by molar-refractivity contribution is 5.46. The lowest BCUT2D eigenvalue weighted by molar-refractivity contribution is -0.303. The highest BCUT2D eigenvalue weighted by Gasteiger charge is 3.00. The maximum Gasteiger partial charge on any atom is 0.381 e. The van der Waals surface area contributed by atoms with E-state index in [0.717, 1.165) is 12.1 Å². The van der Waals surface area contributed by atoms with Gasteiger partial charge in [0.2, 0.25) is 0 Å². The molecule has 11 heteroatoms. The van der Waals surface area contributed by atoms with Crippen molar-refractivity contribution in [3.05, 3.63) is 29.8 Å². The maximum atomic E-state index is 14.4. The molecular formula is C15H14F9NO. The van der Waals surface area contributed by atoms with Crippen molar-refractivity contribution in [2.24, 2.45) is 0 Å². The van der Waals surface area contributed by atoms with Gasteiger partial charge in [0.15, 0.2) is 0 Å². The first-order valence-electron chi connectivity index (χ1n) is 7.20. The van der Waals surface area contributed by atoms with Crippen LogP contribution in [0.3, 0.4) is 0 Å². The molecule has 2 rings (SSSR count). The number of hydrogen-bond donors (Lipinski definition) is 1. The zero-order valence-corrected chi connectivity index (χ0v) is 13.4. The molecule has 0 aliphatic heterocycles. The van der Waals surface area contributed by atoms with Gasteiger partial charge >= 0.3 is 23.7 Å². The van der Waals surface area contributed by atoms with E-state index in [4.69, 9.17) is 0 Å². The van der Waals surface area contributed by atoms with Crippen LogP contribution in [0.4, 0.5) is 45.2 Å². The van der Waals surface area contributed by atoms with Crippen molar-refractivity contribution in [1.29, 1.82) is 0 Å². The summed E-state index contributed by atoms with van der Waals surface area (Å²) in [6.45, 7) is 0. The van der Waals surface area contributed by atoms with Gasteiger partial charge in [-0.15, -0.1) is 0 Å². The molecule has 1 atom stereocenters. The number of halogens is 9. The minimum atomic E-state index is -6.63. The van der Waals surface area contributed by atoms with E-state index in [0.29, 0.717) is 5.69 Å². The van der Waals surface area contributed by atoms with Crippen molar-refractivity contribution in [2.75, 3.05) is 19.0 Å². The normalized spacial score (nSPS) is 25.7. The van der Waals surface area contributed by atoms with Crippen LogP contribution < -0.4 is 4.90 Å². The Bertz CT molecular complexity index is 646. The van der Waals surface area contributed by atoms with Crippen LogP contribution in [0.5, 0.6) is 0 Å². The Morgan fingerprint density at radius 2 is 1.15 bits per heavy atom. The monoisotopic (exact) mass is 395 g/mol. The van der Waals surface area contributed by atoms with Gasteiger partial charge in [-0.1, -0.05) is 12.1 Å². The topological polar surface area (TPSA) is 23.5 Å². The van der Waals surface area contributed by atoms with E-state index in [2.05, 4.69) is 0 Å². The van der Waals surface area contributed by atoms with Crippen molar-refractivity contribution in [2.45, 2.75) is 41.9 Å². The van der Waals surface area contributed by atoms with Gasteiger partial charge in [0.05, 0.1) is 6.10 Å². The third kappa shape index (κ3) is 2.31. The molecule has 0 saturated heterocycles. The first-order valence-corrected chi connectivity index (χ1v) is 7.20. The lowest BCUT2D eigenvalue weighted by Crippen LogP contribution is -2.55. The van der Waals surface area contributed by atoms with E-state index in [1.807, 2.05) is 0 Å². The van der Waals surface area contributed by atoms with E-state index in [1.165, 1.54) is 12.1 Å². The first kappa shape index (κ1) is 20.7. The maximum absolute atomic E-state index is 14.4.